The molecule has 0 saturated heterocycles. The van der Waals surface area contributed by atoms with Gasteiger partial charge in [0.2, 0.25) is 11.8 Å². The molecular formula is C31H37N3O5. The number of phenols is 1. The van der Waals surface area contributed by atoms with Crippen LogP contribution in [0.25, 0.3) is 0 Å². The van der Waals surface area contributed by atoms with E-state index in [0.29, 0.717) is 6.42 Å². The summed E-state index contributed by atoms with van der Waals surface area (Å²) in [4.78, 5) is 25.5. The van der Waals surface area contributed by atoms with Gasteiger partial charge in [-0.05, 0) is 48.1 Å². The number of rotatable bonds is 14. The molecule has 0 radical (unpaired) electrons. The molecule has 3 aromatic carbocycles. The molecule has 0 fully saturated rings. The fourth-order valence-electron chi connectivity index (χ4n) is 4.37. The Hall–Kier alpha value is -3.98. The topological polar surface area (TPSA) is 159 Å². The first-order valence-corrected chi connectivity index (χ1v) is 13.0. The number of carbonyl (C=O) groups is 2. The number of phenolic OH excluding ortho intramolecular Hbond substituents is 1. The summed E-state index contributed by atoms with van der Waals surface area (Å²) in [5, 5.41) is 33.6. The zero-order chi connectivity index (χ0) is 28.2. The van der Waals surface area contributed by atoms with Crippen LogP contribution in [0.5, 0.6) is 5.75 Å². The van der Waals surface area contributed by atoms with Crippen molar-refractivity contribution in [1.29, 1.82) is 0 Å². The minimum atomic E-state index is -1.24. The Balaban J connectivity index is 1.67. The van der Waals surface area contributed by atoms with Crippen LogP contribution in [0.4, 0.5) is 0 Å². The number of aromatic hydroxyl groups is 1. The van der Waals surface area contributed by atoms with Gasteiger partial charge in [-0.1, -0.05) is 84.9 Å². The van der Waals surface area contributed by atoms with Crippen LogP contribution < -0.4 is 16.8 Å². The third kappa shape index (κ3) is 10.0. The number of aliphatic hydroxyl groups excluding tert-OH is 2. The van der Waals surface area contributed by atoms with E-state index in [1.807, 2.05) is 60.7 Å². The molecule has 0 saturated carbocycles. The monoisotopic (exact) mass is 531 g/mol. The van der Waals surface area contributed by atoms with E-state index in [1.165, 1.54) is 12.2 Å². The number of hydrogen-bond acceptors (Lipinski definition) is 6. The second-order valence-corrected chi connectivity index (χ2v) is 9.76. The van der Waals surface area contributed by atoms with Crippen LogP contribution in [0, 0.1) is 5.92 Å². The first-order valence-electron chi connectivity index (χ1n) is 13.0. The van der Waals surface area contributed by atoms with Crippen molar-refractivity contribution in [3.8, 4) is 5.75 Å². The van der Waals surface area contributed by atoms with E-state index >= 15 is 0 Å². The molecule has 3 aromatic rings. The number of primary amides is 1. The van der Waals surface area contributed by atoms with Crippen molar-refractivity contribution < 1.29 is 24.9 Å². The van der Waals surface area contributed by atoms with Crippen LogP contribution in [0.2, 0.25) is 0 Å². The molecule has 2 amide bonds. The third-order valence-corrected chi connectivity index (χ3v) is 6.50. The highest BCUT2D eigenvalue weighted by Crippen LogP contribution is 2.17. The zero-order valence-corrected chi connectivity index (χ0v) is 21.8. The summed E-state index contributed by atoms with van der Waals surface area (Å²) in [6.07, 6.45) is 1.82. The Labute approximate surface area is 229 Å². The van der Waals surface area contributed by atoms with Crippen molar-refractivity contribution in [2.24, 2.45) is 17.4 Å². The van der Waals surface area contributed by atoms with Crippen LogP contribution in [0.3, 0.4) is 0 Å². The molecule has 8 N–H and O–H groups in total. The maximum atomic E-state index is 13.3. The lowest BCUT2D eigenvalue weighted by Gasteiger charge is -2.24. The maximum Gasteiger partial charge on any atom is 0.240 e. The van der Waals surface area contributed by atoms with Crippen LogP contribution >= 0.6 is 0 Å². The highest BCUT2D eigenvalue weighted by atomic mass is 16.3. The van der Waals surface area contributed by atoms with Crippen molar-refractivity contribution in [2.45, 2.75) is 50.0 Å². The first kappa shape index (κ1) is 29.6. The van der Waals surface area contributed by atoms with Crippen LogP contribution in [-0.4, -0.2) is 51.4 Å². The molecule has 0 aliphatic rings. The lowest BCUT2D eigenvalue weighted by atomic mass is 9.91. The lowest BCUT2D eigenvalue weighted by molar-refractivity contribution is -0.131. The number of aliphatic hydroxyl groups is 2. The molecular weight excluding hydrogens is 494 g/mol. The van der Waals surface area contributed by atoms with Gasteiger partial charge >= 0.3 is 0 Å². The fourth-order valence-corrected chi connectivity index (χ4v) is 4.37. The summed E-state index contributed by atoms with van der Waals surface area (Å²) >= 11 is 0. The van der Waals surface area contributed by atoms with E-state index in [0.717, 1.165) is 16.7 Å². The second kappa shape index (κ2) is 14.8. The quantitative estimate of drug-likeness (QED) is 0.175. The number of benzene rings is 3. The normalized spacial score (nSPS) is 15.3. The minimum absolute atomic E-state index is 0.167. The molecule has 0 heterocycles. The SMILES string of the molecule is NC(=O)[C@H](Cc1ccccc1)NC(=O)[C@@H](Cc1ccccc1)[C@H](O)/C=C/[C@@H](O)C[C@@H](N)Cc1ccc(O)cc1. The summed E-state index contributed by atoms with van der Waals surface area (Å²) in [5.41, 5.74) is 14.4. The molecule has 0 unspecified atom stereocenters. The number of hydrogen-bond donors (Lipinski definition) is 6. The van der Waals surface area contributed by atoms with E-state index in [9.17, 15) is 24.9 Å². The number of carbonyl (C=O) groups excluding carboxylic acids is 2. The van der Waals surface area contributed by atoms with Gasteiger partial charge in [0.15, 0.2) is 0 Å². The van der Waals surface area contributed by atoms with Gasteiger partial charge in [-0.25, -0.2) is 0 Å². The fraction of sp³-hybridized carbons (Fsp3) is 0.290. The zero-order valence-electron chi connectivity index (χ0n) is 21.8. The van der Waals surface area contributed by atoms with Crippen LogP contribution in [0.1, 0.15) is 23.1 Å². The van der Waals surface area contributed by atoms with Crippen molar-refractivity contribution in [3.63, 3.8) is 0 Å². The molecule has 0 aliphatic carbocycles. The maximum absolute atomic E-state index is 13.3. The van der Waals surface area contributed by atoms with Gasteiger partial charge < -0.3 is 32.1 Å². The van der Waals surface area contributed by atoms with E-state index in [4.69, 9.17) is 11.5 Å². The molecule has 0 aromatic heterocycles. The van der Waals surface area contributed by atoms with Crippen molar-refractivity contribution in [1.82, 2.24) is 5.32 Å². The Morgan fingerprint density at radius 1 is 0.769 bits per heavy atom. The van der Waals surface area contributed by atoms with Gasteiger partial charge in [-0.3, -0.25) is 9.59 Å². The van der Waals surface area contributed by atoms with E-state index in [-0.39, 0.29) is 31.1 Å². The molecule has 5 atom stereocenters. The lowest BCUT2D eigenvalue weighted by Crippen LogP contribution is -2.50. The number of nitrogens with two attached hydrogens (primary N) is 2. The van der Waals surface area contributed by atoms with E-state index in [2.05, 4.69) is 5.32 Å². The van der Waals surface area contributed by atoms with Gasteiger partial charge in [0.25, 0.3) is 0 Å². The van der Waals surface area contributed by atoms with Gasteiger partial charge in [-0.2, -0.15) is 0 Å². The standard InChI is InChI=1S/C31H37N3O5/c32-24(17-23-11-13-25(35)14-12-23)20-26(36)15-16-29(37)27(18-21-7-3-1-4-8-21)31(39)34-28(30(33)38)19-22-9-5-2-6-10-22/h1-16,24,26-29,35-37H,17-20,32H2,(H2,33,38)(H,34,39)/b16-15+/t24-,26+,27-,28-,29+/m0/s1. The molecule has 8 nitrogen and oxygen atoms in total. The summed E-state index contributed by atoms with van der Waals surface area (Å²) in [7, 11) is 0. The van der Waals surface area contributed by atoms with Crippen molar-refractivity contribution in [2.75, 3.05) is 0 Å². The molecule has 206 valence electrons. The average Bonchev–Trinajstić information content (AvgIpc) is 2.92. The Kier molecular flexibility index (Phi) is 11.2. The Morgan fingerprint density at radius 2 is 1.31 bits per heavy atom. The van der Waals surface area contributed by atoms with Crippen LogP contribution in [0.15, 0.2) is 97.1 Å². The molecule has 39 heavy (non-hydrogen) atoms. The predicted molar refractivity (Wildman–Crippen MR) is 150 cm³/mol. The largest absolute Gasteiger partial charge is 0.508 e. The summed E-state index contributed by atoms with van der Waals surface area (Å²) < 4.78 is 0. The van der Waals surface area contributed by atoms with Gasteiger partial charge in [-0.15, -0.1) is 0 Å². The summed E-state index contributed by atoms with van der Waals surface area (Å²) in [6, 6.07) is 23.8. The van der Waals surface area contributed by atoms with Gasteiger partial charge in [0.05, 0.1) is 18.1 Å². The molecule has 8 heteroatoms. The first-order chi connectivity index (χ1) is 18.7. The molecule has 0 spiro atoms. The van der Waals surface area contributed by atoms with Crippen molar-refractivity contribution in [3.05, 3.63) is 114 Å². The average molecular weight is 532 g/mol. The molecule has 0 bridgehead atoms. The van der Waals surface area contributed by atoms with E-state index < -0.39 is 36.0 Å². The highest BCUT2D eigenvalue weighted by molar-refractivity contribution is 5.88. The van der Waals surface area contributed by atoms with Crippen molar-refractivity contribution >= 4 is 11.8 Å². The highest BCUT2D eigenvalue weighted by Gasteiger charge is 2.29. The molecule has 3 rings (SSSR count). The third-order valence-electron chi connectivity index (χ3n) is 6.50. The minimum Gasteiger partial charge on any atom is -0.508 e. The second-order valence-electron chi connectivity index (χ2n) is 9.76. The summed E-state index contributed by atoms with van der Waals surface area (Å²) in [5.74, 6) is -1.96. The number of nitrogens with one attached hydrogen (secondary N) is 1. The summed E-state index contributed by atoms with van der Waals surface area (Å²) in [6.45, 7) is 0. The van der Waals surface area contributed by atoms with Crippen LogP contribution in [-0.2, 0) is 28.9 Å². The Morgan fingerprint density at radius 3 is 1.87 bits per heavy atom. The predicted octanol–water partition coefficient (Wildman–Crippen LogP) is 2.00. The van der Waals surface area contributed by atoms with E-state index in [1.54, 1.807) is 24.3 Å². The smallest absolute Gasteiger partial charge is 0.240 e. The Bertz CT molecular complexity index is 1200. The molecule has 0 aliphatic heterocycles. The van der Waals surface area contributed by atoms with Gasteiger partial charge in [0.1, 0.15) is 11.8 Å². The van der Waals surface area contributed by atoms with Gasteiger partial charge in [0, 0.05) is 12.5 Å². The number of amides is 2.